The third kappa shape index (κ3) is 3.36. The Bertz CT molecular complexity index is 650. The molecule has 1 aromatic rings. The summed E-state index contributed by atoms with van der Waals surface area (Å²) in [6, 6.07) is 0. The minimum absolute atomic E-state index is 0.0892. The van der Waals surface area contributed by atoms with E-state index >= 15 is 0 Å². The first-order chi connectivity index (χ1) is 11.5. The van der Waals surface area contributed by atoms with Crippen LogP contribution in [0.2, 0.25) is 4.47 Å². The van der Waals surface area contributed by atoms with E-state index in [1.807, 2.05) is 6.92 Å². The molecule has 1 aromatic heterocycles. The molecule has 2 aliphatic heterocycles. The minimum atomic E-state index is -0.235. The number of nitro groups is 1. The fraction of sp³-hybridized carbons (Fsp3) is 0.667. The first-order valence-corrected chi connectivity index (χ1v) is 9.32. The molecule has 3 heterocycles. The summed E-state index contributed by atoms with van der Waals surface area (Å²) in [5.74, 6) is 0.558. The van der Waals surface area contributed by atoms with Crippen molar-refractivity contribution in [1.82, 2.24) is 14.8 Å². The van der Waals surface area contributed by atoms with Gasteiger partial charge < -0.3 is 14.5 Å². The van der Waals surface area contributed by atoms with Crippen LogP contribution in [-0.2, 0) is 11.3 Å². The number of rotatable bonds is 6. The highest BCUT2D eigenvalue weighted by Crippen LogP contribution is 2.38. The van der Waals surface area contributed by atoms with E-state index in [1.165, 1.54) is 11.3 Å². The standard InChI is InChI=1S/C15H21ClN4O3S/c1-3-6-23-12-7-10(2)13(20(21)22)14-18(4-5-19(12)14)9-11-8-17-15(16)24-11/h8,10,12H,3-7,9H2,1-2H3. The highest BCUT2D eigenvalue weighted by atomic mass is 35.5. The average Bonchev–Trinajstić information content (AvgIpc) is 3.12. The first-order valence-electron chi connectivity index (χ1n) is 8.13. The van der Waals surface area contributed by atoms with Crippen LogP contribution in [-0.4, -0.2) is 45.6 Å². The number of fused-ring (bicyclic) bond motifs is 1. The molecule has 1 fully saturated rings. The van der Waals surface area contributed by atoms with Crippen molar-refractivity contribution in [2.45, 2.75) is 39.5 Å². The third-order valence-electron chi connectivity index (χ3n) is 4.36. The molecule has 0 N–H and O–H groups in total. The smallest absolute Gasteiger partial charge is 0.289 e. The zero-order valence-electron chi connectivity index (χ0n) is 13.8. The van der Waals surface area contributed by atoms with Gasteiger partial charge >= 0.3 is 0 Å². The van der Waals surface area contributed by atoms with Crippen molar-refractivity contribution in [1.29, 1.82) is 0 Å². The average molecular weight is 373 g/mol. The van der Waals surface area contributed by atoms with Crippen molar-refractivity contribution in [3.8, 4) is 0 Å². The molecule has 2 aliphatic rings. The van der Waals surface area contributed by atoms with Crippen molar-refractivity contribution in [3.05, 3.63) is 37.2 Å². The van der Waals surface area contributed by atoms with Crippen molar-refractivity contribution in [2.75, 3.05) is 19.7 Å². The molecule has 0 aliphatic carbocycles. The van der Waals surface area contributed by atoms with Crippen LogP contribution in [0.1, 0.15) is 31.6 Å². The van der Waals surface area contributed by atoms with Gasteiger partial charge in [0.05, 0.1) is 17.4 Å². The maximum absolute atomic E-state index is 11.7. The number of hydrogen-bond acceptors (Lipinski definition) is 7. The summed E-state index contributed by atoms with van der Waals surface area (Å²) in [7, 11) is 0. The normalized spacial score (nSPS) is 23.8. The molecule has 1 saturated heterocycles. The lowest BCUT2D eigenvalue weighted by molar-refractivity contribution is -0.439. The fourth-order valence-corrected chi connectivity index (χ4v) is 4.34. The predicted octanol–water partition coefficient (Wildman–Crippen LogP) is 3.15. The summed E-state index contributed by atoms with van der Waals surface area (Å²) in [5, 5.41) is 11.7. The quantitative estimate of drug-likeness (QED) is 0.564. The van der Waals surface area contributed by atoms with Crippen LogP contribution in [0.25, 0.3) is 0 Å². The van der Waals surface area contributed by atoms with Gasteiger partial charge in [0.25, 0.3) is 5.70 Å². The van der Waals surface area contributed by atoms with Gasteiger partial charge in [0.1, 0.15) is 6.23 Å². The summed E-state index contributed by atoms with van der Waals surface area (Å²) in [6.07, 6.45) is 3.23. The second-order valence-electron chi connectivity index (χ2n) is 6.12. The Morgan fingerprint density at radius 1 is 1.54 bits per heavy atom. The Morgan fingerprint density at radius 2 is 2.33 bits per heavy atom. The zero-order chi connectivity index (χ0) is 17.3. The van der Waals surface area contributed by atoms with E-state index in [0.717, 1.165) is 24.4 Å². The molecule has 0 spiro atoms. The fourth-order valence-electron chi connectivity index (χ4n) is 3.35. The number of nitrogens with zero attached hydrogens (tertiary/aromatic N) is 4. The molecule has 132 valence electrons. The largest absolute Gasteiger partial charge is 0.358 e. The zero-order valence-corrected chi connectivity index (χ0v) is 15.3. The molecule has 0 radical (unpaired) electrons. The van der Waals surface area contributed by atoms with Gasteiger partial charge in [-0.1, -0.05) is 25.4 Å². The second-order valence-corrected chi connectivity index (χ2v) is 7.82. The van der Waals surface area contributed by atoms with Gasteiger partial charge in [0, 0.05) is 37.2 Å². The Labute approximate surface area is 150 Å². The molecule has 24 heavy (non-hydrogen) atoms. The number of allylic oxidation sites excluding steroid dienone is 1. The maximum atomic E-state index is 11.7. The number of aromatic nitrogens is 1. The van der Waals surface area contributed by atoms with Gasteiger partial charge in [-0.15, -0.1) is 11.3 Å². The van der Waals surface area contributed by atoms with E-state index in [0.29, 0.717) is 35.6 Å². The van der Waals surface area contributed by atoms with E-state index < -0.39 is 0 Å². The minimum Gasteiger partial charge on any atom is -0.358 e. The number of hydrogen-bond donors (Lipinski definition) is 0. The van der Waals surface area contributed by atoms with E-state index in [1.54, 1.807) is 6.20 Å². The van der Waals surface area contributed by atoms with Crippen molar-refractivity contribution >= 4 is 22.9 Å². The lowest BCUT2D eigenvalue weighted by Crippen LogP contribution is -2.43. The summed E-state index contributed by atoms with van der Waals surface area (Å²) in [4.78, 5) is 20.6. The van der Waals surface area contributed by atoms with Crippen molar-refractivity contribution in [3.63, 3.8) is 0 Å². The topological polar surface area (TPSA) is 71.7 Å². The molecule has 0 aromatic carbocycles. The van der Waals surface area contributed by atoms with Gasteiger partial charge in [0.2, 0.25) is 0 Å². The monoisotopic (exact) mass is 372 g/mol. The van der Waals surface area contributed by atoms with Gasteiger partial charge in [-0.2, -0.15) is 0 Å². The molecule has 0 amide bonds. The molecule has 0 bridgehead atoms. The van der Waals surface area contributed by atoms with E-state index in [9.17, 15) is 10.1 Å². The predicted molar refractivity (Wildman–Crippen MR) is 92.1 cm³/mol. The molecule has 2 atom stereocenters. The van der Waals surface area contributed by atoms with Gasteiger partial charge in [-0.3, -0.25) is 10.1 Å². The molecule has 9 heteroatoms. The Morgan fingerprint density at radius 3 is 2.96 bits per heavy atom. The summed E-state index contributed by atoms with van der Waals surface area (Å²) in [6.45, 7) is 6.70. The maximum Gasteiger partial charge on any atom is 0.289 e. The highest BCUT2D eigenvalue weighted by molar-refractivity contribution is 7.15. The molecular formula is C15H21ClN4O3S. The van der Waals surface area contributed by atoms with Crippen LogP contribution in [0, 0.1) is 16.0 Å². The Kier molecular flexibility index (Phi) is 5.27. The summed E-state index contributed by atoms with van der Waals surface area (Å²) < 4.78 is 6.45. The molecule has 2 unspecified atom stereocenters. The number of ether oxygens (including phenoxy) is 1. The molecular weight excluding hydrogens is 352 g/mol. The lowest BCUT2D eigenvalue weighted by atomic mass is 9.98. The summed E-state index contributed by atoms with van der Waals surface area (Å²) in [5.41, 5.74) is 0.291. The van der Waals surface area contributed by atoms with E-state index in [-0.39, 0.29) is 17.1 Å². The van der Waals surface area contributed by atoms with Crippen LogP contribution in [0.15, 0.2) is 17.7 Å². The molecule has 7 nitrogen and oxygen atoms in total. The highest BCUT2D eigenvalue weighted by Gasteiger charge is 2.45. The third-order valence-corrected chi connectivity index (χ3v) is 5.46. The summed E-state index contributed by atoms with van der Waals surface area (Å²) >= 11 is 7.31. The van der Waals surface area contributed by atoms with Gasteiger partial charge in [-0.05, 0) is 6.42 Å². The van der Waals surface area contributed by atoms with Crippen LogP contribution >= 0.6 is 22.9 Å². The van der Waals surface area contributed by atoms with Crippen molar-refractivity contribution < 1.29 is 9.66 Å². The Balaban J connectivity index is 1.89. The molecule has 0 saturated carbocycles. The van der Waals surface area contributed by atoms with Crippen LogP contribution in [0.5, 0.6) is 0 Å². The molecule has 3 rings (SSSR count). The van der Waals surface area contributed by atoms with E-state index in [2.05, 4.69) is 21.7 Å². The second kappa shape index (κ2) is 7.25. The number of thiazole rings is 1. The van der Waals surface area contributed by atoms with Crippen LogP contribution in [0.4, 0.5) is 0 Å². The number of halogens is 1. The van der Waals surface area contributed by atoms with Crippen molar-refractivity contribution in [2.24, 2.45) is 5.92 Å². The first kappa shape index (κ1) is 17.4. The van der Waals surface area contributed by atoms with Gasteiger partial charge in [-0.25, -0.2) is 4.98 Å². The van der Waals surface area contributed by atoms with Gasteiger partial charge in [0.15, 0.2) is 10.3 Å². The SMILES string of the molecule is CCCOC1CC(C)C([N+](=O)[O-])=C2N(Cc3cnc(Cl)s3)CCN21. The Hall–Kier alpha value is -1.38. The van der Waals surface area contributed by atoms with Crippen LogP contribution < -0.4 is 0 Å². The lowest BCUT2D eigenvalue weighted by Gasteiger charge is -2.37. The van der Waals surface area contributed by atoms with Crippen LogP contribution in [0.3, 0.4) is 0 Å². The van der Waals surface area contributed by atoms with E-state index in [4.69, 9.17) is 16.3 Å².